The lowest BCUT2D eigenvalue weighted by molar-refractivity contribution is -0.176. The Morgan fingerprint density at radius 3 is 2.57 bits per heavy atom. The molecule has 0 amide bonds. The normalized spacial score (nSPS) is 24.7. The molecule has 0 aromatic heterocycles. The maximum atomic E-state index is 12.5. The van der Waals surface area contributed by atoms with Gasteiger partial charge in [0.2, 0.25) is 0 Å². The lowest BCUT2D eigenvalue weighted by Gasteiger charge is -2.39. The van der Waals surface area contributed by atoms with E-state index in [4.69, 9.17) is 19.7 Å². The fourth-order valence-corrected chi connectivity index (χ4v) is 3.73. The summed E-state index contributed by atoms with van der Waals surface area (Å²) in [6, 6.07) is 8.87. The number of carbonyl (C=O) groups is 2. The molecule has 28 heavy (non-hydrogen) atoms. The third kappa shape index (κ3) is 6.44. The highest BCUT2D eigenvalue weighted by molar-refractivity contribution is 7.99. The van der Waals surface area contributed by atoms with Crippen LogP contribution in [0.15, 0.2) is 40.3 Å². The third-order valence-electron chi connectivity index (χ3n) is 4.00. The van der Waals surface area contributed by atoms with Gasteiger partial charge in [0.1, 0.15) is 18.1 Å². The summed E-state index contributed by atoms with van der Waals surface area (Å²) in [5.41, 5.74) is 7.67. The zero-order valence-corrected chi connectivity index (χ0v) is 17.2. The number of carbonyl (C=O) groups excluding carboxylic acids is 2. The highest BCUT2D eigenvalue weighted by Gasteiger charge is 2.43. The molecule has 0 N–H and O–H groups in total. The van der Waals surface area contributed by atoms with Crippen LogP contribution in [-0.4, -0.2) is 42.2 Å². The Labute approximate surface area is 168 Å². The second kappa shape index (κ2) is 9.82. The first-order chi connectivity index (χ1) is 13.2. The van der Waals surface area contributed by atoms with Gasteiger partial charge in [0, 0.05) is 16.7 Å². The summed E-state index contributed by atoms with van der Waals surface area (Å²) in [6.07, 6.45) is -0.947. The first-order valence-corrected chi connectivity index (χ1v) is 9.84. The molecule has 2 rings (SSSR count). The molecule has 4 atom stereocenters. The van der Waals surface area contributed by atoms with Crippen LogP contribution < -0.4 is 0 Å². The molecule has 9 heteroatoms. The van der Waals surface area contributed by atoms with Crippen molar-refractivity contribution >= 4 is 23.7 Å². The monoisotopic (exact) mass is 407 g/mol. The zero-order chi connectivity index (χ0) is 20.7. The van der Waals surface area contributed by atoms with Crippen LogP contribution in [0.2, 0.25) is 0 Å². The molecule has 152 valence electrons. The van der Waals surface area contributed by atoms with Gasteiger partial charge in [-0.25, -0.2) is 0 Å². The minimum Gasteiger partial charge on any atom is -0.463 e. The zero-order valence-electron chi connectivity index (χ0n) is 16.4. The number of hydrogen-bond acceptors (Lipinski definition) is 7. The van der Waals surface area contributed by atoms with E-state index in [0.717, 1.165) is 4.90 Å². The molecule has 0 unspecified atom stereocenters. The number of hydrogen-bond donors (Lipinski definition) is 0. The number of azide groups is 1. The fraction of sp³-hybridized carbons (Fsp3) is 0.579. The number of ether oxygens (including phenoxy) is 3. The smallest absolute Gasteiger partial charge is 0.311 e. The summed E-state index contributed by atoms with van der Waals surface area (Å²) in [5.74, 6) is -0.825. The van der Waals surface area contributed by atoms with Gasteiger partial charge in [-0.15, -0.1) is 0 Å². The first kappa shape index (κ1) is 22.1. The van der Waals surface area contributed by atoms with Gasteiger partial charge in [-0.1, -0.05) is 35.1 Å². The molecule has 1 aliphatic rings. The summed E-state index contributed by atoms with van der Waals surface area (Å²) in [4.78, 5) is 27.5. The van der Waals surface area contributed by atoms with Crippen molar-refractivity contribution in [3.63, 3.8) is 0 Å². The van der Waals surface area contributed by atoms with Crippen LogP contribution in [0.25, 0.3) is 10.4 Å². The Kier molecular flexibility index (Phi) is 7.74. The Hall–Kier alpha value is -2.22. The van der Waals surface area contributed by atoms with Crippen LogP contribution in [0.1, 0.15) is 34.1 Å². The first-order valence-electron chi connectivity index (χ1n) is 8.96. The van der Waals surface area contributed by atoms with Crippen LogP contribution in [0.4, 0.5) is 0 Å². The summed E-state index contributed by atoms with van der Waals surface area (Å²) in [7, 11) is 0. The molecule has 0 radical (unpaired) electrons. The molecular weight excluding hydrogens is 382 g/mol. The summed E-state index contributed by atoms with van der Waals surface area (Å²) < 4.78 is 16.9. The van der Waals surface area contributed by atoms with E-state index in [1.165, 1.54) is 18.7 Å². The summed E-state index contributed by atoms with van der Waals surface area (Å²) in [5, 5.41) is 3.84. The van der Waals surface area contributed by atoms with Gasteiger partial charge >= 0.3 is 11.9 Å². The molecule has 1 heterocycles. The second-order valence-electron chi connectivity index (χ2n) is 7.49. The van der Waals surface area contributed by atoms with Crippen molar-refractivity contribution in [3.05, 3.63) is 40.8 Å². The topological polar surface area (TPSA) is 111 Å². The Balaban J connectivity index is 2.27. The molecule has 8 nitrogen and oxygen atoms in total. The lowest BCUT2D eigenvalue weighted by Crippen LogP contribution is -2.50. The predicted molar refractivity (Wildman–Crippen MR) is 104 cm³/mol. The minimum atomic E-state index is -0.763. The van der Waals surface area contributed by atoms with Crippen LogP contribution >= 0.6 is 11.8 Å². The number of thioether (sulfide) groups is 1. The molecule has 1 fully saturated rings. The highest BCUT2D eigenvalue weighted by Crippen LogP contribution is 2.37. The number of rotatable bonds is 6. The third-order valence-corrected chi connectivity index (χ3v) is 5.16. The van der Waals surface area contributed by atoms with Gasteiger partial charge in [0.15, 0.2) is 0 Å². The largest absolute Gasteiger partial charge is 0.463 e. The van der Waals surface area contributed by atoms with E-state index in [1.807, 2.05) is 30.3 Å². The van der Waals surface area contributed by atoms with E-state index in [-0.39, 0.29) is 13.0 Å². The van der Waals surface area contributed by atoms with E-state index >= 15 is 0 Å². The minimum absolute atomic E-state index is 0.0402. The van der Waals surface area contributed by atoms with Crippen molar-refractivity contribution in [1.29, 1.82) is 0 Å². The van der Waals surface area contributed by atoms with E-state index in [9.17, 15) is 9.59 Å². The molecule has 0 spiro atoms. The van der Waals surface area contributed by atoms with Crippen molar-refractivity contribution in [3.8, 4) is 0 Å². The van der Waals surface area contributed by atoms with Crippen LogP contribution in [-0.2, 0) is 23.8 Å². The van der Waals surface area contributed by atoms with Gasteiger partial charge in [-0.05, 0) is 44.9 Å². The van der Waals surface area contributed by atoms with E-state index in [1.54, 1.807) is 20.8 Å². The Bertz CT molecular complexity index is 731. The SMILES string of the molecule is CC(=O)OC[C@@H]1C[C@H](N=[N+]=[N-])[C@@H](OC(=O)C(C)(C)C)[C@@H](Sc2ccccc2)O1. The van der Waals surface area contributed by atoms with Gasteiger partial charge in [-0.3, -0.25) is 9.59 Å². The van der Waals surface area contributed by atoms with Gasteiger partial charge < -0.3 is 14.2 Å². The molecule has 1 aliphatic heterocycles. The van der Waals surface area contributed by atoms with Crippen LogP contribution in [0.5, 0.6) is 0 Å². The average molecular weight is 407 g/mol. The highest BCUT2D eigenvalue weighted by atomic mass is 32.2. The van der Waals surface area contributed by atoms with Crippen molar-refractivity contribution < 1.29 is 23.8 Å². The van der Waals surface area contributed by atoms with E-state index < -0.39 is 41.0 Å². The lowest BCUT2D eigenvalue weighted by atomic mass is 9.96. The van der Waals surface area contributed by atoms with E-state index in [0.29, 0.717) is 0 Å². The van der Waals surface area contributed by atoms with Gasteiger partial charge in [0.05, 0.1) is 17.6 Å². The predicted octanol–water partition coefficient (Wildman–Crippen LogP) is 4.09. The van der Waals surface area contributed by atoms with Gasteiger partial charge in [-0.2, -0.15) is 0 Å². The van der Waals surface area contributed by atoms with Crippen molar-refractivity contribution in [2.24, 2.45) is 10.5 Å². The molecule has 1 aromatic rings. The van der Waals surface area contributed by atoms with Crippen molar-refractivity contribution in [2.45, 2.75) is 62.7 Å². The van der Waals surface area contributed by atoms with Crippen molar-refractivity contribution in [1.82, 2.24) is 0 Å². The Morgan fingerprint density at radius 2 is 2.00 bits per heavy atom. The van der Waals surface area contributed by atoms with Gasteiger partial charge in [0.25, 0.3) is 0 Å². The molecule has 0 aliphatic carbocycles. The number of nitrogens with zero attached hydrogens (tertiary/aromatic N) is 3. The molecule has 0 bridgehead atoms. The maximum Gasteiger partial charge on any atom is 0.311 e. The number of esters is 2. The average Bonchev–Trinajstić information content (AvgIpc) is 2.62. The molecule has 1 saturated heterocycles. The van der Waals surface area contributed by atoms with Crippen molar-refractivity contribution in [2.75, 3.05) is 6.61 Å². The molecular formula is C19H25N3O5S. The molecule has 0 saturated carbocycles. The summed E-state index contributed by atoms with van der Waals surface area (Å²) in [6.45, 7) is 6.62. The quantitative estimate of drug-likeness (QED) is 0.304. The van der Waals surface area contributed by atoms with Crippen LogP contribution in [0.3, 0.4) is 0 Å². The molecule has 1 aromatic carbocycles. The summed E-state index contributed by atoms with van der Waals surface area (Å²) >= 11 is 1.37. The Morgan fingerprint density at radius 1 is 1.32 bits per heavy atom. The second-order valence-corrected chi connectivity index (χ2v) is 8.66. The maximum absolute atomic E-state index is 12.5. The van der Waals surface area contributed by atoms with E-state index in [2.05, 4.69) is 10.0 Å². The van der Waals surface area contributed by atoms with Crippen LogP contribution in [0, 0.1) is 5.41 Å². The standard InChI is InChI=1S/C19H25N3O5S/c1-12(23)25-11-13-10-15(21-22-20)16(27-18(24)19(2,3)4)17(26-13)28-14-8-6-5-7-9-14/h5-9,13,15-17H,10-11H2,1-4H3/t13-,15-,16+,17+/m0/s1. The fourth-order valence-electron chi connectivity index (χ4n) is 2.57. The number of benzene rings is 1.